The van der Waals surface area contributed by atoms with E-state index in [1.165, 1.54) is 89.9 Å². The van der Waals surface area contributed by atoms with Crippen LogP contribution in [0.2, 0.25) is 0 Å². The molecule has 0 aliphatic carbocycles. The van der Waals surface area contributed by atoms with Crippen LogP contribution in [0.1, 0.15) is 239 Å². The molecule has 0 spiro atoms. The molecule has 350 valence electrons. The number of hydrogen-bond acceptors (Lipinski definition) is 6. The van der Waals surface area contributed by atoms with Gasteiger partial charge >= 0.3 is 17.9 Å². The van der Waals surface area contributed by atoms with E-state index in [1.807, 2.05) is 0 Å². The SMILES string of the molecule is CC\C=C/C=C\C=C/CCCCCCCC(=O)OCC(COC(=O)CCCCC/C=C\C=C/CCCCCCCCC)OC(=O)CCCCC/C=C\CCCCCCCCC. The predicted octanol–water partition coefficient (Wildman–Crippen LogP) is 16.6. The highest BCUT2D eigenvalue weighted by molar-refractivity contribution is 5.71. The maximum Gasteiger partial charge on any atom is 0.306 e. The van der Waals surface area contributed by atoms with E-state index in [0.29, 0.717) is 19.3 Å². The third-order valence-corrected chi connectivity index (χ3v) is 10.8. The minimum absolute atomic E-state index is 0.101. The van der Waals surface area contributed by atoms with Gasteiger partial charge in [-0.25, -0.2) is 0 Å². The summed E-state index contributed by atoms with van der Waals surface area (Å²) in [7, 11) is 0. The Morgan fingerprint density at radius 2 is 0.656 bits per heavy atom. The summed E-state index contributed by atoms with van der Waals surface area (Å²) in [6.45, 7) is 6.44. The van der Waals surface area contributed by atoms with Crippen LogP contribution in [0, 0.1) is 0 Å². The zero-order valence-corrected chi connectivity index (χ0v) is 39.9. The molecule has 0 aliphatic rings. The van der Waals surface area contributed by atoms with Crippen LogP contribution >= 0.6 is 0 Å². The molecule has 0 radical (unpaired) electrons. The zero-order valence-electron chi connectivity index (χ0n) is 39.9. The van der Waals surface area contributed by atoms with Gasteiger partial charge in [0, 0.05) is 19.3 Å². The smallest absolute Gasteiger partial charge is 0.306 e. The van der Waals surface area contributed by atoms with Crippen molar-refractivity contribution in [3.63, 3.8) is 0 Å². The highest BCUT2D eigenvalue weighted by atomic mass is 16.6. The van der Waals surface area contributed by atoms with Gasteiger partial charge in [0.25, 0.3) is 0 Å². The normalized spacial score (nSPS) is 12.6. The van der Waals surface area contributed by atoms with Crippen LogP contribution in [-0.4, -0.2) is 37.2 Å². The standard InChI is InChI=1S/C55H94O6/c1-4-7-10-13-16-19-22-25-27-28-31-33-36-39-42-45-48-54(57)60-51-52(50-59-53(56)47-44-41-38-35-32-29-24-21-18-15-12-9-6-3)61-55(58)49-46-43-40-37-34-30-26-23-20-17-14-11-8-5-2/h9,12,15,18,21,24,27-28,30-31,33-34,52H,4-8,10-11,13-14,16-17,19-20,22-23,25-26,29,32,35-51H2,1-3H3/b12-9-,18-15-,24-21-,28-27-,33-31-,34-30-. The molecule has 0 heterocycles. The molecule has 0 amide bonds. The van der Waals surface area contributed by atoms with E-state index in [-0.39, 0.29) is 31.1 Å². The predicted molar refractivity (Wildman–Crippen MR) is 261 cm³/mol. The van der Waals surface area contributed by atoms with Crippen LogP contribution in [0.5, 0.6) is 0 Å². The maximum atomic E-state index is 12.8. The molecule has 0 aromatic carbocycles. The highest BCUT2D eigenvalue weighted by Crippen LogP contribution is 2.13. The lowest BCUT2D eigenvalue weighted by Gasteiger charge is -2.18. The molecule has 0 N–H and O–H groups in total. The van der Waals surface area contributed by atoms with Crippen LogP contribution < -0.4 is 0 Å². The van der Waals surface area contributed by atoms with Crippen LogP contribution in [-0.2, 0) is 28.6 Å². The Labute approximate surface area is 376 Å². The number of esters is 3. The Morgan fingerprint density at radius 3 is 1.07 bits per heavy atom. The lowest BCUT2D eigenvalue weighted by atomic mass is 10.1. The second-order valence-electron chi connectivity index (χ2n) is 16.8. The fourth-order valence-electron chi connectivity index (χ4n) is 6.90. The average molecular weight is 851 g/mol. The van der Waals surface area contributed by atoms with Crippen LogP contribution in [0.3, 0.4) is 0 Å². The van der Waals surface area contributed by atoms with Crippen LogP contribution in [0.15, 0.2) is 72.9 Å². The molecule has 0 rings (SSSR count). The monoisotopic (exact) mass is 851 g/mol. The number of hydrogen-bond donors (Lipinski definition) is 0. The lowest BCUT2D eigenvalue weighted by Crippen LogP contribution is -2.30. The molecule has 1 unspecified atom stereocenters. The van der Waals surface area contributed by atoms with E-state index in [1.54, 1.807) is 0 Å². The Kier molecular flexibility index (Phi) is 46.9. The topological polar surface area (TPSA) is 78.9 Å². The third-order valence-electron chi connectivity index (χ3n) is 10.8. The third kappa shape index (κ3) is 47.7. The second-order valence-corrected chi connectivity index (χ2v) is 16.8. The van der Waals surface area contributed by atoms with Gasteiger partial charge in [0.1, 0.15) is 13.2 Å². The Hall–Kier alpha value is -3.15. The number of carbonyl (C=O) groups is 3. The summed E-state index contributed by atoms with van der Waals surface area (Å²) in [6, 6.07) is 0. The highest BCUT2D eigenvalue weighted by Gasteiger charge is 2.19. The summed E-state index contributed by atoms with van der Waals surface area (Å²) in [5, 5.41) is 0. The summed E-state index contributed by atoms with van der Waals surface area (Å²) in [4.78, 5) is 37.9. The fourth-order valence-corrected chi connectivity index (χ4v) is 6.90. The van der Waals surface area contributed by atoms with Gasteiger partial charge in [0.2, 0.25) is 0 Å². The molecule has 0 saturated heterocycles. The Morgan fingerprint density at radius 1 is 0.344 bits per heavy atom. The van der Waals surface area contributed by atoms with Gasteiger partial charge in [-0.2, -0.15) is 0 Å². The molecule has 0 aromatic rings. The van der Waals surface area contributed by atoms with Crippen molar-refractivity contribution in [2.24, 2.45) is 0 Å². The van der Waals surface area contributed by atoms with Gasteiger partial charge in [0.05, 0.1) is 0 Å². The van der Waals surface area contributed by atoms with Gasteiger partial charge in [-0.15, -0.1) is 0 Å². The van der Waals surface area contributed by atoms with Crippen molar-refractivity contribution >= 4 is 17.9 Å². The van der Waals surface area contributed by atoms with E-state index >= 15 is 0 Å². The Bertz CT molecular complexity index is 1160. The first-order valence-electron chi connectivity index (χ1n) is 25.5. The first-order chi connectivity index (χ1) is 30.0. The number of carbonyl (C=O) groups excluding carboxylic acids is 3. The van der Waals surface area contributed by atoms with Crippen molar-refractivity contribution < 1.29 is 28.6 Å². The molecule has 0 fully saturated rings. The first-order valence-corrected chi connectivity index (χ1v) is 25.5. The molecule has 1 atom stereocenters. The molecule has 0 saturated carbocycles. The molecular weight excluding hydrogens is 757 g/mol. The van der Waals surface area contributed by atoms with Crippen molar-refractivity contribution in [2.45, 2.75) is 245 Å². The van der Waals surface area contributed by atoms with Gasteiger partial charge in [-0.05, 0) is 89.9 Å². The first kappa shape index (κ1) is 57.9. The van der Waals surface area contributed by atoms with Crippen molar-refractivity contribution in [1.29, 1.82) is 0 Å². The largest absolute Gasteiger partial charge is 0.462 e. The molecule has 0 aliphatic heterocycles. The quantitative estimate of drug-likeness (QED) is 0.0200. The molecule has 6 heteroatoms. The summed E-state index contributed by atoms with van der Waals surface area (Å²) < 4.78 is 16.7. The van der Waals surface area contributed by atoms with Crippen LogP contribution in [0.25, 0.3) is 0 Å². The molecule has 61 heavy (non-hydrogen) atoms. The van der Waals surface area contributed by atoms with Crippen LogP contribution in [0.4, 0.5) is 0 Å². The fraction of sp³-hybridized carbons (Fsp3) is 0.727. The maximum absolute atomic E-state index is 12.8. The summed E-state index contributed by atoms with van der Waals surface area (Å²) in [5.74, 6) is -0.962. The zero-order chi connectivity index (χ0) is 44.4. The molecular formula is C55H94O6. The van der Waals surface area contributed by atoms with Gasteiger partial charge in [-0.1, -0.05) is 203 Å². The number of ether oxygens (including phenoxy) is 3. The van der Waals surface area contributed by atoms with E-state index in [2.05, 4.69) is 93.7 Å². The minimum Gasteiger partial charge on any atom is -0.462 e. The van der Waals surface area contributed by atoms with E-state index in [4.69, 9.17) is 14.2 Å². The number of allylic oxidation sites excluding steroid dienone is 12. The van der Waals surface area contributed by atoms with E-state index < -0.39 is 6.10 Å². The van der Waals surface area contributed by atoms with E-state index in [0.717, 1.165) is 109 Å². The van der Waals surface area contributed by atoms with E-state index in [9.17, 15) is 14.4 Å². The summed E-state index contributed by atoms with van der Waals surface area (Å²) in [6.07, 6.45) is 61.7. The molecule has 0 bridgehead atoms. The Balaban J connectivity index is 4.47. The average Bonchev–Trinajstić information content (AvgIpc) is 3.26. The summed E-state index contributed by atoms with van der Waals surface area (Å²) >= 11 is 0. The van der Waals surface area contributed by atoms with Gasteiger partial charge in [-0.3, -0.25) is 14.4 Å². The molecule has 0 aromatic heterocycles. The minimum atomic E-state index is -0.801. The van der Waals surface area contributed by atoms with Crippen molar-refractivity contribution in [3.8, 4) is 0 Å². The lowest BCUT2D eigenvalue weighted by molar-refractivity contribution is -0.167. The number of rotatable bonds is 45. The van der Waals surface area contributed by atoms with Crippen molar-refractivity contribution in [1.82, 2.24) is 0 Å². The van der Waals surface area contributed by atoms with Gasteiger partial charge in [0.15, 0.2) is 6.10 Å². The van der Waals surface area contributed by atoms with Crippen molar-refractivity contribution in [3.05, 3.63) is 72.9 Å². The number of unbranched alkanes of at least 4 members (excludes halogenated alkanes) is 25. The van der Waals surface area contributed by atoms with Crippen molar-refractivity contribution in [2.75, 3.05) is 13.2 Å². The molecule has 6 nitrogen and oxygen atoms in total. The summed E-state index contributed by atoms with van der Waals surface area (Å²) in [5.41, 5.74) is 0. The van der Waals surface area contributed by atoms with Gasteiger partial charge < -0.3 is 14.2 Å². The second kappa shape index (κ2) is 49.5.